The highest BCUT2D eigenvalue weighted by molar-refractivity contribution is 7.99. The van der Waals surface area contributed by atoms with Crippen LogP contribution in [0.1, 0.15) is 0 Å². The van der Waals surface area contributed by atoms with Crippen LogP contribution in [0.3, 0.4) is 0 Å². The first-order chi connectivity index (χ1) is 5.33. The van der Waals surface area contributed by atoms with Gasteiger partial charge in [0, 0.05) is 12.4 Å². The Hall–Kier alpha value is -1.08. The molecule has 1 heterocycles. The lowest BCUT2D eigenvalue weighted by molar-refractivity contribution is 0.531. The molecule has 0 fully saturated rings. The van der Waals surface area contributed by atoms with E-state index in [2.05, 4.69) is 9.97 Å². The van der Waals surface area contributed by atoms with Crippen molar-refractivity contribution < 1.29 is 4.39 Å². The molecule has 0 saturated carbocycles. The van der Waals surface area contributed by atoms with Crippen LogP contribution in [0.5, 0.6) is 0 Å². The van der Waals surface area contributed by atoms with Gasteiger partial charge in [0.15, 0.2) is 5.16 Å². The fourth-order valence-corrected chi connectivity index (χ4v) is 0.969. The molecule has 0 N–H and O–H groups in total. The summed E-state index contributed by atoms with van der Waals surface area (Å²) in [6.07, 6.45) is 7.90. The van der Waals surface area contributed by atoms with Crippen LogP contribution in [0.15, 0.2) is 23.6 Å². The first kappa shape index (κ1) is 8.02. The first-order valence-electron chi connectivity index (χ1n) is 2.87. The third-order valence-electron chi connectivity index (χ3n) is 0.882. The summed E-state index contributed by atoms with van der Waals surface area (Å²) in [5, 5.41) is 0.359. The van der Waals surface area contributed by atoms with Crippen molar-refractivity contribution in [2.45, 2.75) is 10.7 Å². The SMILES string of the molecule is C#CC(F)Sc1ncccn1. The molecule has 0 radical (unpaired) electrons. The van der Waals surface area contributed by atoms with Crippen molar-refractivity contribution in [1.29, 1.82) is 0 Å². The molecule has 1 rings (SSSR count). The Balaban J connectivity index is 2.60. The molecule has 0 aliphatic rings. The molecular weight excluding hydrogens is 163 g/mol. The minimum Gasteiger partial charge on any atom is -0.231 e. The van der Waals surface area contributed by atoms with Crippen molar-refractivity contribution in [3.05, 3.63) is 18.5 Å². The van der Waals surface area contributed by atoms with E-state index in [1.165, 1.54) is 0 Å². The maximum Gasteiger partial charge on any atom is 0.213 e. The lowest BCUT2D eigenvalue weighted by Gasteiger charge is -1.96. The lowest BCUT2D eigenvalue weighted by Crippen LogP contribution is -1.91. The number of terminal acetylenes is 1. The summed E-state index contributed by atoms with van der Waals surface area (Å²) in [7, 11) is 0. The van der Waals surface area contributed by atoms with Crippen LogP contribution in [0.2, 0.25) is 0 Å². The van der Waals surface area contributed by atoms with Crippen LogP contribution in [0.25, 0.3) is 0 Å². The summed E-state index contributed by atoms with van der Waals surface area (Å²) in [6, 6.07) is 1.66. The van der Waals surface area contributed by atoms with Crippen molar-refractivity contribution in [2.75, 3.05) is 0 Å². The molecule has 0 aromatic carbocycles. The normalized spacial score (nSPS) is 12.0. The highest BCUT2D eigenvalue weighted by Crippen LogP contribution is 2.18. The maximum absolute atomic E-state index is 12.5. The Morgan fingerprint density at radius 3 is 2.73 bits per heavy atom. The monoisotopic (exact) mass is 168 g/mol. The van der Waals surface area contributed by atoms with Crippen LogP contribution < -0.4 is 0 Å². The molecule has 2 nitrogen and oxygen atoms in total. The Morgan fingerprint density at radius 1 is 1.55 bits per heavy atom. The number of thioether (sulfide) groups is 1. The van der Waals surface area contributed by atoms with E-state index in [4.69, 9.17) is 6.42 Å². The molecule has 0 aliphatic heterocycles. The van der Waals surface area contributed by atoms with E-state index in [9.17, 15) is 4.39 Å². The summed E-state index contributed by atoms with van der Waals surface area (Å²) >= 11 is 0.819. The zero-order valence-electron chi connectivity index (χ0n) is 5.57. The number of halogens is 1. The molecule has 1 unspecified atom stereocenters. The molecule has 1 atom stereocenters. The van der Waals surface area contributed by atoms with Gasteiger partial charge >= 0.3 is 0 Å². The van der Waals surface area contributed by atoms with Gasteiger partial charge in [-0.25, -0.2) is 14.4 Å². The van der Waals surface area contributed by atoms with Crippen molar-refractivity contribution in [3.8, 4) is 12.3 Å². The topological polar surface area (TPSA) is 25.8 Å². The molecule has 11 heavy (non-hydrogen) atoms. The van der Waals surface area contributed by atoms with Crippen LogP contribution in [0, 0.1) is 12.3 Å². The van der Waals surface area contributed by atoms with E-state index in [1.807, 2.05) is 5.92 Å². The second kappa shape index (κ2) is 3.94. The fourth-order valence-electron chi connectivity index (χ4n) is 0.473. The zero-order chi connectivity index (χ0) is 8.10. The molecule has 56 valence electrons. The number of aromatic nitrogens is 2. The minimum atomic E-state index is -1.36. The van der Waals surface area contributed by atoms with Gasteiger partial charge in [-0.1, -0.05) is 5.92 Å². The number of hydrogen-bond donors (Lipinski definition) is 0. The van der Waals surface area contributed by atoms with Gasteiger partial charge in [-0.15, -0.1) is 6.42 Å². The second-order valence-electron chi connectivity index (χ2n) is 1.63. The summed E-state index contributed by atoms with van der Waals surface area (Å²) in [4.78, 5) is 7.57. The highest BCUT2D eigenvalue weighted by atomic mass is 32.2. The van der Waals surface area contributed by atoms with Gasteiger partial charge in [0.05, 0.1) is 0 Å². The Bertz CT molecular complexity index is 257. The van der Waals surface area contributed by atoms with Gasteiger partial charge in [-0.2, -0.15) is 0 Å². The van der Waals surface area contributed by atoms with Crippen LogP contribution in [-0.2, 0) is 0 Å². The minimum absolute atomic E-state index is 0.359. The molecule has 0 spiro atoms. The predicted molar refractivity (Wildman–Crippen MR) is 41.6 cm³/mol. The number of alkyl halides is 1. The van der Waals surface area contributed by atoms with Gasteiger partial charge in [0.25, 0.3) is 0 Å². The Kier molecular flexibility index (Phi) is 2.87. The summed E-state index contributed by atoms with van der Waals surface area (Å²) < 4.78 is 12.5. The summed E-state index contributed by atoms with van der Waals surface area (Å²) in [6.45, 7) is 0. The van der Waals surface area contributed by atoms with Crippen LogP contribution in [0.4, 0.5) is 4.39 Å². The smallest absolute Gasteiger partial charge is 0.213 e. The van der Waals surface area contributed by atoms with Crippen molar-refractivity contribution >= 4 is 11.8 Å². The third kappa shape index (κ3) is 2.56. The van der Waals surface area contributed by atoms with Gasteiger partial charge < -0.3 is 0 Å². The van der Waals surface area contributed by atoms with Crippen molar-refractivity contribution in [2.24, 2.45) is 0 Å². The Morgan fingerprint density at radius 2 is 2.18 bits per heavy atom. The Labute approximate surface area is 68.3 Å². The van der Waals surface area contributed by atoms with Crippen molar-refractivity contribution in [3.63, 3.8) is 0 Å². The van der Waals surface area contributed by atoms with E-state index < -0.39 is 5.50 Å². The molecule has 4 heteroatoms. The summed E-state index contributed by atoms with van der Waals surface area (Å²) in [5.74, 6) is 1.93. The molecule has 1 aromatic rings. The zero-order valence-corrected chi connectivity index (χ0v) is 6.38. The third-order valence-corrected chi connectivity index (χ3v) is 1.65. The molecule has 0 saturated heterocycles. The van der Waals surface area contributed by atoms with Crippen molar-refractivity contribution in [1.82, 2.24) is 9.97 Å². The highest BCUT2D eigenvalue weighted by Gasteiger charge is 2.04. The van der Waals surface area contributed by atoms with Gasteiger partial charge in [-0.05, 0) is 17.8 Å². The first-order valence-corrected chi connectivity index (χ1v) is 3.75. The molecule has 1 aromatic heterocycles. The number of rotatable bonds is 2. The van der Waals surface area contributed by atoms with E-state index in [-0.39, 0.29) is 0 Å². The number of nitrogens with zero attached hydrogens (tertiary/aromatic N) is 2. The van der Waals surface area contributed by atoms with E-state index >= 15 is 0 Å². The van der Waals surface area contributed by atoms with E-state index in [1.54, 1.807) is 18.5 Å². The fraction of sp³-hybridized carbons (Fsp3) is 0.143. The average Bonchev–Trinajstić information content (AvgIpc) is 2.06. The van der Waals surface area contributed by atoms with E-state index in [0.717, 1.165) is 11.8 Å². The molecular formula is C7H5FN2S. The van der Waals surface area contributed by atoms with E-state index in [0.29, 0.717) is 5.16 Å². The molecule has 0 bridgehead atoms. The average molecular weight is 168 g/mol. The predicted octanol–water partition coefficient (Wildman–Crippen LogP) is 1.50. The van der Waals surface area contributed by atoms with Gasteiger partial charge in [0.1, 0.15) is 0 Å². The standard InChI is InChI=1S/C7H5FN2S/c1-2-6(8)11-7-9-4-3-5-10-7/h1,3-6H. The van der Waals surface area contributed by atoms with Gasteiger partial charge in [-0.3, -0.25) is 0 Å². The van der Waals surface area contributed by atoms with Gasteiger partial charge in [0.2, 0.25) is 5.50 Å². The van der Waals surface area contributed by atoms with Crippen LogP contribution >= 0.6 is 11.8 Å². The quantitative estimate of drug-likeness (QED) is 0.380. The van der Waals surface area contributed by atoms with Crippen LogP contribution in [-0.4, -0.2) is 15.5 Å². The maximum atomic E-state index is 12.5. The second-order valence-corrected chi connectivity index (χ2v) is 2.65. The largest absolute Gasteiger partial charge is 0.231 e. The number of hydrogen-bond acceptors (Lipinski definition) is 3. The summed E-state index contributed by atoms with van der Waals surface area (Å²) in [5.41, 5.74) is -1.36. The lowest BCUT2D eigenvalue weighted by atomic mass is 10.7. The molecule has 0 aliphatic carbocycles. The molecule has 0 amide bonds.